The summed E-state index contributed by atoms with van der Waals surface area (Å²) in [5.74, 6) is 1.35. The molecule has 0 saturated heterocycles. The lowest BCUT2D eigenvalue weighted by atomic mass is 10.0. The van der Waals surface area contributed by atoms with E-state index in [2.05, 4.69) is 47.3 Å². The Kier molecular flexibility index (Phi) is 3.49. The summed E-state index contributed by atoms with van der Waals surface area (Å²) in [5.41, 5.74) is 10.5. The van der Waals surface area contributed by atoms with Gasteiger partial charge in [-0.05, 0) is 37.3 Å². The molecule has 2 aromatic rings. The van der Waals surface area contributed by atoms with Crippen LogP contribution in [0.4, 0.5) is 11.8 Å². The van der Waals surface area contributed by atoms with Gasteiger partial charge in [0.05, 0.1) is 11.7 Å². The van der Waals surface area contributed by atoms with Gasteiger partial charge < -0.3 is 11.1 Å². The highest BCUT2D eigenvalue weighted by molar-refractivity contribution is 6.33. The molecule has 1 aliphatic carbocycles. The third kappa shape index (κ3) is 2.56. The van der Waals surface area contributed by atoms with E-state index in [1.807, 2.05) is 6.92 Å². The minimum Gasteiger partial charge on any atom is -0.382 e. The molecule has 0 bridgehead atoms. The van der Waals surface area contributed by atoms with Crippen LogP contribution in [0.25, 0.3) is 0 Å². The molecule has 0 saturated carbocycles. The van der Waals surface area contributed by atoms with Crippen molar-refractivity contribution in [2.75, 3.05) is 11.1 Å². The molecule has 1 aromatic heterocycles. The standard InChI is InChI=1S/C16H19ClN4/c1-8-4-5-11-7-9(2)14(12(11)6-8)20-16-19-10(3)13(17)15(18)21-16/h4-6,9,14H,7H2,1-3H3,(H3,18,19,20,21)/t9-,14+/m0/s1. The van der Waals surface area contributed by atoms with E-state index in [0.717, 1.165) is 6.42 Å². The molecule has 1 aromatic carbocycles. The van der Waals surface area contributed by atoms with Crippen LogP contribution in [-0.2, 0) is 6.42 Å². The topological polar surface area (TPSA) is 63.8 Å². The van der Waals surface area contributed by atoms with Crippen LogP contribution in [0.15, 0.2) is 18.2 Å². The van der Waals surface area contributed by atoms with Crippen molar-refractivity contribution in [2.24, 2.45) is 5.92 Å². The molecule has 2 atom stereocenters. The average molecular weight is 303 g/mol. The van der Waals surface area contributed by atoms with Crippen LogP contribution in [0.5, 0.6) is 0 Å². The molecule has 0 amide bonds. The number of benzene rings is 1. The van der Waals surface area contributed by atoms with Crippen LogP contribution in [-0.4, -0.2) is 9.97 Å². The van der Waals surface area contributed by atoms with Gasteiger partial charge in [0.15, 0.2) is 0 Å². The van der Waals surface area contributed by atoms with Crippen LogP contribution in [0.3, 0.4) is 0 Å². The Morgan fingerprint density at radius 1 is 1.29 bits per heavy atom. The summed E-state index contributed by atoms with van der Waals surface area (Å²) in [6.07, 6.45) is 1.06. The largest absolute Gasteiger partial charge is 0.382 e. The zero-order valence-electron chi connectivity index (χ0n) is 12.4. The maximum atomic E-state index is 6.02. The van der Waals surface area contributed by atoms with Crippen molar-refractivity contribution in [3.05, 3.63) is 45.6 Å². The van der Waals surface area contributed by atoms with E-state index >= 15 is 0 Å². The molecule has 3 rings (SSSR count). The lowest BCUT2D eigenvalue weighted by Crippen LogP contribution is -2.17. The Balaban J connectivity index is 1.94. The number of nitrogen functional groups attached to an aromatic ring is 1. The summed E-state index contributed by atoms with van der Waals surface area (Å²) in [6, 6.07) is 6.82. The molecular formula is C16H19ClN4. The molecule has 110 valence electrons. The highest BCUT2D eigenvalue weighted by atomic mass is 35.5. The van der Waals surface area contributed by atoms with Gasteiger partial charge in [0.2, 0.25) is 5.95 Å². The summed E-state index contributed by atoms with van der Waals surface area (Å²) in [6.45, 7) is 6.18. The second kappa shape index (κ2) is 5.19. The van der Waals surface area contributed by atoms with E-state index in [4.69, 9.17) is 17.3 Å². The smallest absolute Gasteiger partial charge is 0.225 e. The number of fused-ring (bicyclic) bond motifs is 1. The van der Waals surface area contributed by atoms with Gasteiger partial charge in [0, 0.05) is 0 Å². The number of aromatic nitrogens is 2. The Morgan fingerprint density at radius 2 is 2.05 bits per heavy atom. The lowest BCUT2D eigenvalue weighted by Gasteiger charge is -2.19. The number of anilines is 2. The number of nitrogens with one attached hydrogen (secondary N) is 1. The highest BCUT2D eigenvalue weighted by Crippen LogP contribution is 2.38. The van der Waals surface area contributed by atoms with Gasteiger partial charge in [0.1, 0.15) is 10.8 Å². The van der Waals surface area contributed by atoms with Crippen LogP contribution in [0.2, 0.25) is 5.02 Å². The van der Waals surface area contributed by atoms with Crippen LogP contribution >= 0.6 is 11.6 Å². The minimum absolute atomic E-state index is 0.208. The molecule has 1 aliphatic rings. The first-order valence-electron chi connectivity index (χ1n) is 7.11. The van der Waals surface area contributed by atoms with Gasteiger partial charge in [-0.2, -0.15) is 4.98 Å². The molecule has 0 unspecified atom stereocenters. The Morgan fingerprint density at radius 3 is 2.76 bits per heavy atom. The number of halogens is 1. The van der Waals surface area contributed by atoms with Gasteiger partial charge in [-0.1, -0.05) is 42.3 Å². The van der Waals surface area contributed by atoms with Crippen molar-refractivity contribution in [2.45, 2.75) is 33.2 Å². The Labute approximate surface area is 129 Å². The van der Waals surface area contributed by atoms with Gasteiger partial charge in [-0.15, -0.1) is 0 Å². The van der Waals surface area contributed by atoms with E-state index in [1.54, 1.807) is 0 Å². The summed E-state index contributed by atoms with van der Waals surface area (Å²) in [7, 11) is 0. The predicted molar refractivity (Wildman–Crippen MR) is 86.6 cm³/mol. The molecule has 3 N–H and O–H groups in total. The number of rotatable bonds is 2. The number of aryl methyl sites for hydroxylation is 2. The van der Waals surface area contributed by atoms with Gasteiger partial charge in [0.25, 0.3) is 0 Å². The predicted octanol–water partition coefficient (Wildman–Crippen LogP) is 3.67. The second-order valence-electron chi connectivity index (χ2n) is 5.84. The number of nitrogens with zero attached hydrogens (tertiary/aromatic N) is 2. The summed E-state index contributed by atoms with van der Waals surface area (Å²) in [4.78, 5) is 8.64. The summed E-state index contributed by atoms with van der Waals surface area (Å²) in [5, 5.41) is 3.85. The molecule has 0 spiro atoms. The fourth-order valence-electron chi connectivity index (χ4n) is 2.97. The second-order valence-corrected chi connectivity index (χ2v) is 6.22. The average Bonchev–Trinajstić information content (AvgIpc) is 2.72. The van der Waals surface area contributed by atoms with E-state index < -0.39 is 0 Å². The zero-order chi connectivity index (χ0) is 15.1. The van der Waals surface area contributed by atoms with Crippen LogP contribution in [0, 0.1) is 19.8 Å². The third-order valence-electron chi connectivity index (χ3n) is 4.07. The summed E-state index contributed by atoms with van der Waals surface area (Å²) >= 11 is 6.02. The maximum Gasteiger partial charge on any atom is 0.225 e. The van der Waals surface area contributed by atoms with Crippen molar-refractivity contribution >= 4 is 23.4 Å². The van der Waals surface area contributed by atoms with Crippen LogP contribution in [0.1, 0.15) is 35.3 Å². The molecule has 0 fully saturated rings. The van der Waals surface area contributed by atoms with Crippen molar-refractivity contribution in [3.63, 3.8) is 0 Å². The molecule has 5 heteroatoms. The van der Waals surface area contributed by atoms with Gasteiger partial charge in [-0.3, -0.25) is 0 Å². The van der Waals surface area contributed by atoms with Crippen molar-refractivity contribution in [1.29, 1.82) is 0 Å². The third-order valence-corrected chi connectivity index (χ3v) is 4.54. The molecular weight excluding hydrogens is 284 g/mol. The minimum atomic E-state index is 0.208. The number of nitrogens with two attached hydrogens (primary N) is 1. The SMILES string of the molecule is Cc1ccc2c(c1)[C@H](Nc1nc(C)c(Cl)c(N)n1)[C@@H](C)C2. The molecule has 0 aliphatic heterocycles. The number of hydrogen-bond acceptors (Lipinski definition) is 4. The summed E-state index contributed by atoms with van der Waals surface area (Å²) < 4.78 is 0. The first-order chi connectivity index (χ1) is 9.95. The van der Waals surface area contributed by atoms with Crippen LogP contribution < -0.4 is 11.1 Å². The van der Waals surface area contributed by atoms with Crippen molar-refractivity contribution < 1.29 is 0 Å². The monoisotopic (exact) mass is 302 g/mol. The van der Waals surface area contributed by atoms with E-state index in [9.17, 15) is 0 Å². The number of hydrogen-bond donors (Lipinski definition) is 2. The Bertz CT molecular complexity index is 676. The van der Waals surface area contributed by atoms with Crippen molar-refractivity contribution in [3.8, 4) is 0 Å². The molecule has 4 nitrogen and oxygen atoms in total. The van der Waals surface area contributed by atoms with Gasteiger partial charge >= 0.3 is 0 Å². The first kappa shape index (κ1) is 14.1. The normalized spacial score (nSPS) is 20.4. The Hall–Kier alpha value is -1.81. The highest BCUT2D eigenvalue weighted by Gasteiger charge is 2.30. The molecule has 0 radical (unpaired) electrons. The van der Waals surface area contributed by atoms with E-state index in [0.29, 0.717) is 28.4 Å². The van der Waals surface area contributed by atoms with Crippen molar-refractivity contribution in [1.82, 2.24) is 9.97 Å². The lowest BCUT2D eigenvalue weighted by molar-refractivity contribution is 0.539. The maximum absolute atomic E-state index is 6.02. The van der Waals surface area contributed by atoms with E-state index in [-0.39, 0.29) is 6.04 Å². The fraction of sp³-hybridized carbons (Fsp3) is 0.375. The molecule has 21 heavy (non-hydrogen) atoms. The molecule has 1 heterocycles. The van der Waals surface area contributed by atoms with Gasteiger partial charge in [-0.25, -0.2) is 4.98 Å². The van der Waals surface area contributed by atoms with E-state index in [1.165, 1.54) is 16.7 Å². The quantitative estimate of drug-likeness (QED) is 0.888. The first-order valence-corrected chi connectivity index (χ1v) is 7.49. The zero-order valence-corrected chi connectivity index (χ0v) is 13.2. The fourth-order valence-corrected chi connectivity index (χ4v) is 3.05.